The maximum Gasteiger partial charge on any atom is 2.00 e. The Morgan fingerprint density at radius 3 is 2.49 bits per heavy atom. The monoisotopic (exact) mass is 631 g/mol. The van der Waals surface area contributed by atoms with Crippen LogP contribution in [0.4, 0.5) is 22.0 Å². The van der Waals surface area contributed by atoms with Gasteiger partial charge in [-0.3, -0.25) is 19.4 Å². The summed E-state index contributed by atoms with van der Waals surface area (Å²) in [6, 6.07) is 3.26. The van der Waals surface area contributed by atoms with Gasteiger partial charge in [-0.15, -0.1) is 23.0 Å². The fraction of sp³-hybridized carbons (Fsp3) is 0.231. The SMILES string of the molecule is C(#CC1CC1)c1nn[c-]s1.COc1cnc(C(F)F)cc1-c1cc(-n2ccc(C(F)(F)F)cc2=O)ncc1[C-]=O.[Ni+2]. The molecule has 4 aromatic heterocycles. The van der Waals surface area contributed by atoms with Crippen molar-refractivity contribution in [2.45, 2.75) is 25.4 Å². The molecule has 0 aliphatic heterocycles. The molecular weight excluding hydrogens is 616 g/mol. The third-order valence-corrected chi connectivity index (χ3v) is 5.95. The minimum absolute atomic E-state index is 0. The first-order valence-electron chi connectivity index (χ1n) is 11.3. The average molecular weight is 632 g/mol. The Balaban J connectivity index is 0.000000351. The molecule has 0 N–H and O–H groups in total. The van der Waals surface area contributed by atoms with Crippen LogP contribution in [-0.4, -0.2) is 38.1 Å². The van der Waals surface area contributed by atoms with Crippen molar-refractivity contribution < 1.29 is 48.0 Å². The topological polar surface area (TPSA) is 99.9 Å². The summed E-state index contributed by atoms with van der Waals surface area (Å²) in [5.74, 6) is 6.60. The fourth-order valence-corrected chi connectivity index (χ4v) is 3.63. The molecule has 0 amide bonds. The minimum Gasteiger partial charge on any atom is -0.496 e. The van der Waals surface area contributed by atoms with Crippen LogP contribution in [0.5, 0.6) is 5.75 Å². The molecule has 0 atom stereocenters. The van der Waals surface area contributed by atoms with Gasteiger partial charge in [0, 0.05) is 23.2 Å². The predicted molar refractivity (Wildman–Crippen MR) is 133 cm³/mol. The Kier molecular flexibility index (Phi) is 10.4. The molecule has 4 aromatic rings. The molecule has 0 spiro atoms. The largest absolute Gasteiger partial charge is 2.00 e. The average Bonchev–Trinajstić information content (AvgIpc) is 3.63. The molecule has 0 radical (unpaired) electrons. The Morgan fingerprint density at radius 2 is 1.93 bits per heavy atom. The van der Waals surface area contributed by atoms with Crippen molar-refractivity contribution in [3.8, 4) is 34.5 Å². The van der Waals surface area contributed by atoms with Crippen LogP contribution >= 0.6 is 11.3 Å². The molecule has 214 valence electrons. The summed E-state index contributed by atoms with van der Waals surface area (Å²) in [5.41, 5.74) is -0.164. The molecule has 0 bridgehead atoms. The fourth-order valence-electron chi connectivity index (χ4n) is 3.27. The summed E-state index contributed by atoms with van der Waals surface area (Å²) in [6.07, 6.45) is -0.561. The van der Waals surface area contributed by atoms with E-state index in [1.807, 2.05) is 0 Å². The van der Waals surface area contributed by atoms with Gasteiger partial charge in [-0.05, 0) is 30.5 Å². The summed E-state index contributed by atoms with van der Waals surface area (Å²) in [6.45, 7) is 0. The number of pyridine rings is 3. The zero-order valence-corrected chi connectivity index (χ0v) is 22.5. The summed E-state index contributed by atoms with van der Waals surface area (Å²) in [5, 5.41) is 8.10. The van der Waals surface area contributed by atoms with E-state index in [0.717, 1.165) is 34.2 Å². The smallest absolute Gasteiger partial charge is 0.496 e. The van der Waals surface area contributed by atoms with E-state index < -0.39 is 29.4 Å². The zero-order valence-electron chi connectivity index (χ0n) is 20.7. The van der Waals surface area contributed by atoms with Crippen LogP contribution in [0.15, 0.2) is 47.7 Å². The first-order valence-corrected chi connectivity index (χ1v) is 12.1. The van der Waals surface area contributed by atoms with E-state index in [4.69, 9.17) is 4.74 Å². The quantitative estimate of drug-likeness (QED) is 0.135. The van der Waals surface area contributed by atoms with Crippen LogP contribution in [0, 0.1) is 23.3 Å². The van der Waals surface area contributed by atoms with E-state index in [1.165, 1.54) is 37.4 Å². The van der Waals surface area contributed by atoms with Gasteiger partial charge in [-0.2, -0.15) is 13.2 Å². The van der Waals surface area contributed by atoms with Crippen LogP contribution < -0.4 is 10.3 Å². The summed E-state index contributed by atoms with van der Waals surface area (Å²) >= 11 is 1.37. The van der Waals surface area contributed by atoms with Crippen molar-refractivity contribution in [1.82, 2.24) is 24.7 Å². The van der Waals surface area contributed by atoms with E-state index >= 15 is 0 Å². The van der Waals surface area contributed by atoms with Crippen LogP contribution in [-0.2, 0) is 27.5 Å². The van der Waals surface area contributed by atoms with Crippen LogP contribution in [0.2, 0.25) is 0 Å². The molecule has 15 heteroatoms. The normalized spacial score (nSPS) is 12.4. The molecule has 4 heterocycles. The molecule has 1 aliphatic rings. The number of rotatable bonds is 5. The van der Waals surface area contributed by atoms with Gasteiger partial charge in [0.25, 0.3) is 12.0 Å². The first-order chi connectivity index (χ1) is 19.1. The van der Waals surface area contributed by atoms with Crippen molar-refractivity contribution in [3.05, 3.63) is 80.5 Å². The van der Waals surface area contributed by atoms with Gasteiger partial charge in [0.05, 0.1) is 25.2 Å². The van der Waals surface area contributed by atoms with E-state index in [0.29, 0.717) is 18.1 Å². The predicted octanol–water partition coefficient (Wildman–Crippen LogP) is 4.81. The molecule has 41 heavy (non-hydrogen) atoms. The van der Waals surface area contributed by atoms with Gasteiger partial charge in [0.15, 0.2) is 0 Å². The molecule has 0 aromatic carbocycles. The minimum atomic E-state index is -4.71. The van der Waals surface area contributed by atoms with Crippen LogP contribution in [0.3, 0.4) is 0 Å². The van der Waals surface area contributed by atoms with E-state index in [1.54, 1.807) is 6.29 Å². The van der Waals surface area contributed by atoms with Crippen LogP contribution in [0.1, 0.15) is 41.1 Å². The number of ether oxygens (including phenoxy) is 1. The zero-order chi connectivity index (χ0) is 28.9. The van der Waals surface area contributed by atoms with Gasteiger partial charge >= 0.3 is 22.7 Å². The van der Waals surface area contributed by atoms with Gasteiger partial charge < -0.3 is 25.9 Å². The number of carbonyl (C=O) groups excluding carboxylic acids is 1. The third-order valence-electron chi connectivity index (χ3n) is 5.40. The standard InChI is InChI=1S/C19H11F5N3O3.C7H5N2S.Ni/c1-30-15-8-25-14(18(20)21)5-13(15)12-6-16(26-7-10(12)9-28)27-3-2-11(4-17(27)29)19(22,23)24;1-2-6(1)3-4-7-9-8-5-10-7;/h2-8,18H,1H3;6H,1-2H2;/q2*-1;+2. The van der Waals surface area contributed by atoms with E-state index in [-0.39, 0.29) is 44.7 Å². The number of aromatic nitrogens is 5. The molecular formula is C26H16F5N5NiO3S. The van der Waals surface area contributed by atoms with Gasteiger partial charge in [0.1, 0.15) is 17.3 Å². The summed E-state index contributed by atoms with van der Waals surface area (Å²) in [7, 11) is 1.26. The second-order valence-corrected chi connectivity index (χ2v) is 8.94. The van der Waals surface area contributed by atoms with E-state index in [2.05, 4.69) is 37.5 Å². The Hall–Kier alpha value is -4.02. The third kappa shape index (κ3) is 8.02. The number of hydrogen-bond donors (Lipinski definition) is 0. The maximum atomic E-state index is 13.1. The maximum absolute atomic E-state index is 13.1. The van der Waals surface area contributed by atoms with Crippen molar-refractivity contribution in [3.63, 3.8) is 0 Å². The molecule has 1 saturated carbocycles. The molecule has 1 aliphatic carbocycles. The molecule has 0 unspecified atom stereocenters. The molecule has 1 fully saturated rings. The van der Waals surface area contributed by atoms with Gasteiger partial charge in [-0.1, -0.05) is 17.8 Å². The van der Waals surface area contributed by atoms with Crippen molar-refractivity contribution >= 4 is 17.6 Å². The van der Waals surface area contributed by atoms with Crippen molar-refractivity contribution in [2.24, 2.45) is 5.92 Å². The Labute approximate surface area is 243 Å². The summed E-state index contributed by atoms with van der Waals surface area (Å²) < 4.78 is 70.4. The Morgan fingerprint density at radius 1 is 1.17 bits per heavy atom. The number of alkyl halides is 5. The first kappa shape index (κ1) is 31.5. The Bertz CT molecular complexity index is 1630. The molecule has 0 saturated heterocycles. The van der Waals surface area contributed by atoms with Crippen LogP contribution in [0.25, 0.3) is 16.9 Å². The van der Waals surface area contributed by atoms with E-state index in [9.17, 15) is 31.5 Å². The number of hydrogen-bond acceptors (Lipinski definition) is 8. The van der Waals surface area contributed by atoms with Crippen molar-refractivity contribution in [2.75, 3.05) is 7.11 Å². The van der Waals surface area contributed by atoms with Crippen molar-refractivity contribution in [1.29, 1.82) is 0 Å². The second-order valence-electron chi connectivity index (χ2n) is 8.16. The van der Waals surface area contributed by atoms with Gasteiger partial charge in [0.2, 0.25) is 0 Å². The molecule has 5 rings (SSSR count). The van der Waals surface area contributed by atoms with Gasteiger partial charge in [-0.25, -0.2) is 13.9 Å². The number of nitrogens with zero attached hydrogens (tertiary/aromatic N) is 5. The number of halogens is 5. The summed E-state index contributed by atoms with van der Waals surface area (Å²) in [4.78, 5) is 30.9. The molecule has 8 nitrogen and oxygen atoms in total. The number of methoxy groups -OCH3 is 1. The second kappa shape index (κ2) is 13.6.